The van der Waals surface area contributed by atoms with Crippen molar-refractivity contribution in [2.24, 2.45) is 16.5 Å². The number of rotatable bonds is 5. The molecule has 1 aromatic rings. The maximum absolute atomic E-state index is 14.4. The molecular formula is C15H19ClF2N2O4S. The molecule has 3 rings (SSSR count). The Morgan fingerprint density at radius 2 is 1.96 bits per heavy atom. The van der Waals surface area contributed by atoms with Crippen LogP contribution in [0.15, 0.2) is 18.2 Å². The van der Waals surface area contributed by atoms with Gasteiger partial charge in [0.1, 0.15) is 0 Å². The van der Waals surface area contributed by atoms with E-state index in [1.807, 2.05) is 0 Å². The van der Waals surface area contributed by atoms with Crippen molar-refractivity contribution >= 4 is 21.8 Å². The van der Waals surface area contributed by atoms with Crippen LogP contribution in [0.2, 0.25) is 5.02 Å². The molecule has 0 amide bonds. The van der Waals surface area contributed by atoms with Gasteiger partial charge >= 0.3 is 0 Å². The number of ether oxygens (including phenoxy) is 2. The molecule has 2 fully saturated rings. The second-order valence-corrected chi connectivity index (χ2v) is 8.36. The lowest BCUT2D eigenvalue weighted by molar-refractivity contribution is 0.0369. The van der Waals surface area contributed by atoms with Crippen LogP contribution in [0, 0.1) is 11.3 Å². The van der Waals surface area contributed by atoms with Gasteiger partial charge in [-0.05, 0) is 25.0 Å². The third-order valence-electron chi connectivity index (χ3n) is 5.19. The Balaban J connectivity index is 1.68. The van der Waals surface area contributed by atoms with Gasteiger partial charge in [-0.25, -0.2) is 13.9 Å². The smallest absolute Gasteiger partial charge is 0.276 e. The van der Waals surface area contributed by atoms with Gasteiger partial charge in [0.15, 0.2) is 11.5 Å². The highest BCUT2D eigenvalue weighted by molar-refractivity contribution is 7.86. The van der Waals surface area contributed by atoms with E-state index in [0.717, 1.165) is 4.31 Å². The third-order valence-corrected chi connectivity index (χ3v) is 6.51. The van der Waals surface area contributed by atoms with Crippen molar-refractivity contribution in [3.63, 3.8) is 0 Å². The second-order valence-electron chi connectivity index (χ2n) is 6.38. The molecule has 1 spiro atoms. The first-order valence-electron chi connectivity index (χ1n) is 7.74. The zero-order chi connectivity index (χ0) is 18.5. The minimum atomic E-state index is -3.85. The fourth-order valence-electron chi connectivity index (χ4n) is 3.61. The summed E-state index contributed by atoms with van der Waals surface area (Å²) in [4.78, 5) is 0. The van der Waals surface area contributed by atoms with Crippen molar-refractivity contribution in [3.8, 4) is 11.5 Å². The van der Waals surface area contributed by atoms with E-state index >= 15 is 0 Å². The number of benzene rings is 1. The largest absolute Gasteiger partial charge is 0.493 e. The molecule has 0 bridgehead atoms. The van der Waals surface area contributed by atoms with Crippen LogP contribution in [0.3, 0.4) is 0 Å². The van der Waals surface area contributed by atoms with Crippen LogP contribution >= 0.6 is 11.6 Å². The van der Waals surface area contributed by atoms with Gasteiger partial charge < -0.3 is 9.47 Å². The summed E-state index contributed by atoms with van der Waals surface area (Å²) in [5.74, 6) is -3.17. The minimum absolute atomic E-state index is 0.00852. The summed E-state index contributed by atoms with van der Waals surface area (Å²) < 4.78 is 63.2. The molecule has 1 atom stereocenters. The summed E-state index contributed by atoms with van der Waals surface area (Å²) in [7, 11) is -2.40. The average Bonchev–Trinajstić information content (AvgIpc) is 2.98. The van der Waals surface area contributed by atoms with Gasteiger partial charge in [0.05, 0.1) is 19.6 Å². The zero-order valence-corrected chi connectivity index (χ0v) is 15.1. The quantitative estimate of drug-likeness (QED) is 0.827. The molecule has 1 saturated carbocycles. The van der Waals surface area contributed by atoms with Crippen LogP contribution in [-0.4, -0.2) is 45.5 Å². The van der Waals surface area contributed by atoms with Crippen LogP contribution in [0.1, 0.15) is 12.8 Å². The van der Waals surface area contributed by atoms with E-state index in [2.05, 4.69) is 0 Å². The van der Waals surface area contributed by atoms with Crippen LogP contribution in [0.5, 0.6) is 11.5 Å². The molecular weight excluding hydrogens is 378 g/mol. The van der Waals surface area contributed by atoms with Crippen molar-refractivity contribution in [2.45, 2.75) is 18.8 Å². The van der Waals surface area contributed by atoms with Crippen molar-refractivity contribution in [1.82, 2.24) is 4.31 Å². The lowest BCUT2D eigenvalue weighted by Gasteiger charge is -2.30. The Bertz CT molecular complexity index is 767. The highest BCUT2D eigenvalue weighted by Crippen LogP contribution is 2.70. The molecule has 1 aromatic carbocycles. The first kappa shape index (κ1) is 18.6. The molecule has 1 saturated heterocycles. The molecule has 2 N–H and O–H groups in total. The molecule has 140 valence electrons. The normalized spacial score (nSPS) is 24.9. The highest BCUT2D eigenvalue weighted by Gasteiger charge is 2.80. The summed E-state index contributed by atoms with van der Waals surface area (Å²) >= 11 is 5.90. The van der Waals surface area contributed by atoms with Crippen molar-refractivity contribution in [1.29, 1.82) is 0 Å². The maximum Gasteiger partial charge on any atom is 0.276 e. The second kappa shape index (κ2) is 6.22. The van der Waals surface area contributed by atoms with E-state index in [9.17, 15) is 17.2 Å². The molecule has 2 aliphatic rings. The van der Waals surface area contributed by atoms with Gasteiger partial charge in [-0.15, -0.1) is 0 Å². The van der Waals surface area contributed by atoms with Crippen molar-refractivity contribution in [3.05, 3.63) is 23.2 Å². The number of halogens is 3. The van der Waals surface area contributed by atoms with Crippen LogP contribution < -0.4 is 14.6 Å². The Kier molecular flexibility index (Phi) is 4.64. The molecule has 0 aromatic heterocycles. The predicted molar refractivity (Wildman–Crippen MR) is 88.3 cm³/mol. The van der Waals surface area contributed by atoms with Gasteiger partial charge in [0, 0.05) is 29.6 Å². The number of alkyl halides is 2. The Morgan fingerprint density at radius 3 is 2.52 bits per heavy atom. The van der Waals surface area contributed by atoms with Gasteiger partial charge in [0.2, 0.25) is 0 Å². The van der Waals surface area contributed by atoms with E-state index in [1.165, 1.54) is 13.2 Å². The van der Waals surface area contributed by atoms with Crippen LogP contribution in [0.25, 0.3) is 0 Å². The molecule has 1 aliphatic heterocycles. The van der Waals surface area contributed by atoms with E-state index in [-0.39, 0.29) is 32.5 Å². The van der Waals surface area contributed by atoms with Crippen molar-refractivity contribution < 1.29 is 26.7 Å². The molecule has 0 radical (unpaired) electrons. The fraction of sp³-hybridized carbons (Fsp3) is 0.600. The molecule has 1 unspecified atom stereocenters. The standard InChI is InChI=1S/C15H19ClF2N2O4S/c1-23-11-3-2-10(16)8-12(11)24-9-13-14(15(13,17)18)4-6-20(7-5-14)25(19,21)22/h2-3,8,13H,4-7,9H2,1H3,(H2,19,21,22). The summed E-state index contributed by atoms with van der Waals surface area (Å²) in [6, 6.07) is 4.73. The maximum atomic E-state index is 14.4. The van der Waals surface area contributed by atoms with E-state index in [1.54, 1.807) is 12.1 Å². The summed E-state index contributed by atoms with van der Waals surface area (Å²) in [6.45, 7) is -0.212. The number of nitrogens with zero attached hydrogens (tertiary/aromatic N) is 1. The Hall–Kier alpha value is -1.16. The first-order chi connectivity index (χ1) is 11.6. The average molecular weight is 397 g/mol. The Morgan fingerprint density at radius 1 is 1.32 bits per heavy atom. The number of nitrogens with two attached hydrogens (primary N) is 1. The predicted octanol–water partition coefficient (Wildman–Crippen LogP) is 2.28. The zero-order valence-electron chi connectivity index (χ0n) is 13.5. The van der Waals surface area contributed by atoms with E-state index in [4.69, 9.17) is 26.2 Å². The lowest BCUT2D eigenvalue weighted by atomic mass is 9.91. The first-order valence-corrected chi connectivity index (χ1v) is 9.62. The van der Waals surface area contributed by atoms with Gasteiger partial charge in [-0.2, -0.15) is 12.7 Å². The SMILES string of the molecule is COc1ccc(Cl)cc1OCC1C(F)(F)C12CCN(S(N)(=O)=O)CC2. The number of hydrogen-bond donors (Lipinski definition) is 1. The molecule has 1 heterocycles. The Labute approximate surface area is 150 Å². The number of piperidine rings is 1. The van der Waals surface area contributed by atoms with Crippen molar-refractivity contribution in [2.75, 3.05) is 26.8 Å². The summed E-state index contributed by atoms with van der Waals surface area (Å²) in [6.07, 6.45) is 0.105. The summed E-state index contributed by atoms with van der Waals surface area (Å²) in [5.41, 5.74) is -1.24. The van der Waals surface area contributed by atoms with Gasteiger partial charge in [-0.1, -0.05) is 11.6 Å². The monoisotopic (exact) mass is 396 g/mol. The van der Waals surface area contributed by atoms with Gasteiger partial charge in [-0.3, -0.25) is 0 Å². The minimum Gasteiger partial charge on any atom is -0.493 e. The molecule has 1 aliphatic carbocycles. The topological polar surface area (TPSA) is 81.9 Å². The summed E-state index contributed by atoms with van der Waals surface area (Å²) in [5, 5.41) is 5.47. The third kappa shape index (κ3) is 3.18. The molecule has 25 heavy (non-hydrogen) atoms. The van der Waals surface area contributed by atoms with Crippen LogP contribution in [0.4, 0.5) is 8.78 Å². The molecule has 6 nitrogen and oxygen atoms in total. The highest BCUT2D eigenvalue weighted by atomic mass is 35.5. The van der Waals surface area contributed by atoms with E-state index in [0.29, 0.717) is 16.5 Å². The van der Waals surface area contributed by atoms with Crippen LogP contribution in [-0.2, 0) is 10.2 Å². The van der Waals surface area contributed by atoms with E-state index < -0.39 is 27.5 Å². The van der Waals surface area contributed by atoms with Gasteiger partial charge in [0.25, 0.3) is 16.1 Å². The molecule has 10 heteroatoms. The lowest BCUT2D eigenvalue weighted by Crippen LogP contribution is -2.44. The number of methoxy groups -OCH3 is 1. The number of hydrogen-bond acceptors (Lipinski definition) is 4. The fourth-order valence-corrected chi connectivity index (χ4v) is 4.47.